The van der Waals surface area contributed by atoms with Crippen molar-refractivity contribution >= 4 is 5.91 Å². The Hall–Kier alpha value is -3.70. The van der Waals surface area contributed by atoms with Gasteiger partial charge in [0.2, 0.25) is 11.7 Å². The van der Waals surface area contributed by atoms with Crippen LogP contribution in [0, 0.1) is 18.3 Å². The topological polar surface area (TPSA) is 104 Å². The minimum Gasteiger partial charge on any atom is -0.490 e. The summed E-state index contributed by atoms with van der Waals surface area (Å²) in [5.74, 6) is 1.48. The third kappa shape index (κ3) is 4.52. The third-order valence-corrected chi connectivity index (χ3v) is 6.18. The van der Waals surface area contributed by atoms with E-state index < -0.39 is 0 Å². The van der Waals surface area contributed by atoms with Crippen LogP contribution in [0.4, 0.5) is 0 Å². The number of amides is 1. The number of rotatable bonds is 6. The molecule has 1 atom stereocenters. The highest BCUT2D eigenvalue weighted by Crippen LogP contribution is 2.32. The molecule has 1 aliphatic heterocycles. The van der Waals surface area contributed by atoms with Gasteiger partial charge in [0, 0.05) is 24.2 Å². The first-order valence-corrected chi connectivity index (χ1v) is 11.4. The number of nitrogens with one attached hydrogen (secondary N) is 1. The molecule has 0 spiro atoms. The summed E-state index contributed by atoms with van der Waals surface area (Å²) in [6.07, 6.45) is 0.752. The van der Waals surface area contributed by atoms with E-state index in [0.717, 1.165) is 23.1 Å². The Bertz CT molecular complexity index is 1260. The SMILES string of the molecule is CN[C@@H](C)C(=O)N1CCc2c(ccc(-c3noc(-c4ccc(OC(C)C)c(C#N)c4)n3)c2C)C1. The number of aromatic nitrogens is 2. The van der Waals surface area contributed by atoms with Crippen LogP contribution in [-0.4, -0.2) is 46.7 Å². The summed E-state index contributed by atoms with van der Waals surface area (Å²) in [7, 11) is 1.80. The van der Waals surface area contributed by atoms with Gasteiger partial charge in [-0.1, -0.05) is 17.3 Å². The highest BCUT2D eigenvalue weighted by atomic mass is 16.5. The van der Waals surface area contributed by atoms with Crippen LogP contribution in [0.25, 0.3) is 22.8 Å². The zero-order valence-electron chi connectivity index (χ0n) is 20.2. The fourth-order valence-corrected chi connectivity index (χ4v) is 4.23. The van der Waals surface area contributed by atoms with Crippen LogP contribution in [0.15, 0.2) is 34.9 Å². The summed E-state index contributed by atoms with van der Waals surface area (Å²) in [6.45, 7) is 9.05. The molecular formula is C26H29N5O3. The maximum absolute atomic E-state index is 12.6. The van der Waals surface area contributed by atoms with E-state index in [1.165, 1.54) is 5.56 Å². The molecule has 0 radical (unpaired) electrons. The zero-order chi connectivity index (χ0) is 24.4. The Balaban J connectivity index is 1.59. The molecule has 8 nitrogen and oxygen atoms in total. The number of carbonyl (C=O) groups excluding carboxylic acids is 1. The van der Waals surface area contributed by atoms with Gasteiger partial charge in [-0.25, -0.2) is 0 Å². The first-order valence-electron chi connectivity index (χ1n) is 11.4. The van der Waals surface area contributed by atoms with Crippen molar-refractivity contribution in [3.63, 3.8) is 0 Å². The van der Waals surface area contributed by atoms with Gasteiger partial charge in [-0.05, 0) is 76.1 Å². The molecule has 1 aromatic heterocycles. The summed E-state index contributed by atoms with van der Waals surface area (Å²) in [4.78, 5) is 19.1. The lowest BCUT2D eigenvalue weighted by atomic mass is 9.91. The molecule has 1 amide bonds. The van der Waals surface area contributed by atoms with Crippen molar-refractivity contribution in [2.45, 2.75) is 52.8 Å². The largest absolute Gasteiger partial charge is 0.490 e. The van der Waals surface area contributed by atoms with Crippen molar-refractivity contribution in [1.82, 2.24) is 20.4 Å². The second-order valence-electron chi connectivity index (χ2n) is 8.81. The molecule has 2 heterocycles. The van der Waals surface area contributed by atoms with Gasteiger partial charge in [0.25, 0.3) is 5.89 Å². The van der Waals surface area contributed by atoms with E-state index in [1.54, 1.807) is 19.2 Å². The fraction of sp³-hybridized carbons (Fsp3) is 0.385. The zero-order valence-corrected chi connectivity index (χ0v) is 20.2. The van der Waals surface area contributed by atoms with Crippen LogP contribution >= 0.6 is 0 Å². The van der Waals surface area contributed by atoms with Crippen LogP contribution in [0.1, 0.15) is 43.0 Å². The van der Waals surface area contributed by atoms with Crippen molar-refractivity contribution in [2.24, 2.45) is 0 Å². The van der Waals surface area contributed by atoms with E-state index in [9.17, 15) is 10.1 Å². The summed E-state index contributed by atoms with van der Waals surface area (Å²) in [5.41, 5.74) is 5.45. The van der Waals surface area contributed by atoms with Gasteiger partial charge >= 0.3 is 0 Å². The number of benzene rings is 2. The number of hydrogen-bond donors (Lipinski definition) is 1. The molecule has 4 rings (SSSR count). The molecule has 0 bridgehead atoms. The van der Waals surface area contributed by atoms with E-state index in [2.05, 4.69) is 28.5 Å². The molecule has 0 fully saturated rings. The Morgan fingerprint density at radius 1 is 1.26 bits per heavy atom. The van der Waals surface area contributed by atoms with Gasteiger partial charge in [0.15, 0.2) is 0 Å². The fourth-order valence-electron chi connectivity index (χ4n) is 4.23. The number of nitriles is 1. The lowest BCUT2D eigenvalue weighted by molar-refractivity contribution is -0.133. The van der Waals surface area contributed by atoms with Gasteiger partial charge in [-0.3, -0.25) is 4.79 Å². The monoisotopic (exact) mass is 459 g/mol. The smallest absolute Gasteiger partial charge is 0.258 e. The molecule has 34 heavy (non-hydrogen) atoms. The highest BCUT2D eigenvalue weighted by molar-refractivity contribution is 5.82. The Morgan fingerprint density at radius 2 is 2.06 bits per heavy atom. The molecule has 1 aliphatic rings. The molecule has 0 unspecified atom stereocenters. The van der Waals surface area contributed by atoms with Crippen molar-refractivity contribution in [1.29, 1.82) is 5.26 Å². The van der Waals surface area contributed by atoms with Crippen LogP contribution in [0.2, 0.25) is 0 Å². The minimum absolute atomic E-state index is 0.0307. The van der Waals surface area contributed by atoms with Crippen molar-refractivity contribution in [2.75, 3.05) is 13.6 Å². The molecule has 176 valence electrons. The van der Waals surface area contributed by atoms with Crippen molar-refractivity contribution in [3.05, 3.63) is 52.6 Å². The molecule has 0 saturated carbocycles. The minimum atomic E-state index is -0.202. The third-order valence-electron chi connectivity index (χ3n) is 6.18. The quantitative estimate of drug-likeness (QED) is 0.597. The molecule has 2 aromatic carbocycles. The van der Waals surface area contributed by atoms with Crippen molar-refractivity contribution in [3.8, 4) is 34.7 Å². The number of likely N-dealkylation sites (N-methyl/N-ethyl adjacent to an activating group) is 1. The number of hydrogen-bond acceptors (Lipinski definition) is 7. The van der Waals surface area contributed by atoms with Crippen LogP contribution in [-0.2, 0) is 17.8 Å². The Morgan fingerprint density at radius 3 is 2.76 bits per heavy atom. The van der Waals surface area contributed by atoms with Gasteiger partial charge in [-0.2, -0.15) is 10.2 Å². The average Bonchev–Trinajstić information content (AvgIpc) is 3.33. The molecule has 0 aliphatic carbocycles. The van der Waals surface area contributed by atoms with E-state index in [0.29, 0.717) is 41.7 Å². The van der Waals surface area contributed by atoms with Gasteiger partial charge in [0.1, 0.15) is 11.8 Å². The normalized spacial score (nSPS) is 14.0. The first-order chi connectivity index (χ1) is 16.3. The van der Waals surface area contributed by atoms with Crippen LogP contribution < -0.4 is 10.1 Å². The Kier molecular flexibility index (Phi) is 6.66. The van der Waals surface area contributed by atoms with Gasteiger partial charge < -0.3 is 19.5 Å². The molecular weight excluding hydrogens is 430 g/mol. The second-order valence-corrected chi connectivity index (χ2v) is 8.81. The second kappa shape index (κ2) is 9.65. The number of carbonyl (C=O) groups is 1. The summed E-state index contributed by atoms with van der Waals surface area (Å²) in [5, 5.41) is 16.7. The van der Waals surface area contributed by atoms with E-state index >= 15 is 0 Å². The predicted molar refractivity (Wildman–Crippen MR) is 128 cm³/mol. The predicted octanol–water partition coefficient (Wildman–Crippen LogP) is 3.86. The van der Waals surface area contributed by atoms with Crippen LogP contribution in [0.5, 0.6) is 5.75 Å². The van der Waals surface area contributed by atoms with E-state index in [1.807, 2.05) is 43.9 Å². The highest BCUT2D eigenvalue weighted by Gasteiger charge is 2.26. The van der Waals surface area contributed by atoms with Gasteiger partial charge in [0.05, 0.1) is 17.7 Å². The molecule has 0 saturated heterocycles. The van der Waals surface area contributed by atoms with E-state index in [-0.39, 0.29) is 18.1 Å². The maximum Gasteiger partial charge on any atom is 0.258 e. The summed E-state index contributed by atoms with van der Waals surface area (Å²) >= 11 is 0. The number of nitrogens with zero attached hydrogens (tertiary/aromatic N) is 4. The lowest BCUT2D eigenvalue weighted by Gasteiger charge is -2.32. The van der Waals surface area contributed by atoms with Crippen LogP contribution in [0.3, 0.4) is 0 Å². The molecule has 8 heteroatoms. The summed E-state index contributed by atoms with van der Waals surface area (Å²) < 4.78 is 11.2. The molecule has 3 aromatic rings. The van der Waals surface area contributed by atoms with E-state index in [4.69, 9.17) is 9.26 Å². The molecule has 1 N–H and O–H groups in total. The first kappa shape index (κ1) is 23.5. The number of fused-ring (bicyclic) bond motifs is 1. The summed E-state index contributed by atoms with van der Waals surface area (Å²) in [6, 6.07) is 11.3. The lowest BCUT2D eigenvalue weighted by Crippen LogP contribution is -2.45. The average molecular weight is 460 g/mol. The van der Waals surface area contributed by atoms with Crippen molar-refractivity contribution < 1.29 is 14.1 Å². The Labute approximate surface area is 199 Å². The maximum atomic E-state index is 12.6. The standard InChI is InChI=1S/C26H29N5O3/c1-15(2)33-23-9-7-18(12-20(23)13-27)25-29-24(30-34-25)22-8-6-19-14-31(26(32)17(4)28-5)11-10-21(19)16(22)3/h6-9,12,15,17,28H,10-11,14H2,1-5H3/t17-/m0/s1. The number of ether oxygens (including phenoxy) is 1. The van der Waals surface area contributed by atoms with Gasteiger partial charge in [-0.15, -0.1) is 0 Å².